The minimum absolute atomic E-state index is 0.147. The van der Waals surface area contributed by atoms with Crippen molar-refractivity contribution in [3.63, 3.8) is 0 Å². The summed E-state index contributed by atoms with van der Waals surface area (Å²) < 4.78 is 0. The standard InChI is InChI=1S/C17H16N2O2S/c1-10-8-9-22-17(10)16-13-5-2-4-11(13)12-6-3-7-14(19(20)21)15(12)18-16/h2-4,6-9,11,13,16,18H,5H2,1H3. The van der Waals surface area contributed by atoms with E-state index in [4.69, 9.17) is 0 Å². The highest BCUT2D eigenvalue weighted by atomic mass is 32.1. The molecule has 1 N–H and O–H groups in total. The molecule has 1 aromatic heterocycles. The number of thiophene rings is 1. The minimum Gasteiger partial charge on any atom is -0.371 e. The maximum atomic E-state index is 11.4. The first-order valence-electron chi connectivity index (χ1n) is 7.41. The highest BCUT2D eigenvalue weighted by Gasteiger charge is 2.41. The molecule has 5 heteroatoms. The summed E-state index contributed by atoms with van der Waals surface area (Å²) in [5.74, 6) is 0.703. The Kier molecular flexibility index (Phi) is 3.04. The summed E-state index contributed by atoms with van der Waals surface area (Å²) in [4.78, 5) is 12.4. The van der Waals surface area contributed by atoms with Gasteiger partial charge in [0.25, 0.3) is 5.69 Å². The van der Waals surface area contributed by atoms with Crippen LogP contribution in [0.5, 0.6) is 0 Å². The summed E-state index contributed by atoms with van der Waals surface area (Å²) in [6.07, 6.45) is 5.44. The number of rotatable bonds is 2. The number of nitro benzene ring substituents is 1. The van der Waals surface area contributed by atoms with Gasteiger partial charge in [0.2, 0.25) is 0 Å². The molecule has 0 radical (unpaired) electrons. The van der Waals surface area contributed by atoms with Gasteiger partial charge in [-0.2, -0.15) is 0 Å². The lowest BCUT2D eigenvalue weighted by molar-refractivity contribution is -0.384. The molecule has 1 aliphatic heterocycles. The zero-order valence-electron chi connectivity index (χ0n) is 12.2. The first kappa shape index (κ1) is 13.5. The van der Waals surface area contributed by atoms with Crippen molar-refractivity contribution in [2.75, 3.05) is 5.32 Å². The van der Waals surface area contributed by atoms with Crippen molar-refractivity contribution in [1.29, 1.82) is 0 Å². The van der Waals surface area contributed by atoms with Crippen LogP contribution in [0.25, 0.3) is 0 Å². The average Bonchev–Trinajstić information content (AvgIpc) is 3.14. The van der Waals surface area contributed by atoms with E-state index in [1.165, 1.54) is 10.4 Å². The van der Waals surface area contributed by atoms with Gasteiger partial charge >= 0.3 is 0 Å². The third-order valence-electron chi connectivity index (χ3n) is 4.76. The van der Waals surface area contributed by atoms with Gasteiger partial charge in [0.15, 0.2) is 0 Å². The van der Waals surface area contributed by atoms with Gasteiger partial charge in [0, 0.05) is 16.9 Å². The van der Waals surface area contributed by atoms with Crippen LogP contribution in [0.15, 0.2) is 41.8 Å². The quantitative estimate of drug-likeness (QED) is 0.493. The number of hydrogen-bond donors (Lipinski definition) is 1. The zero-order chi connectivity index (χ0) is 15.3. The highest BCUT2D eigenvalue weighted by Crippen LogP contribution is 2.53. The van der Waals surface area contributed by atoms with Crippen LogP contribution in [0.4, 0.5) is 11.4 Å². The van der Waals surface area contributed by atoms with E-state index in [9.17, 15) is 10.1 Å². The number of hydrogen-bond acceptors (Lipinski definition) is 4. The molecule has 0 spiro atoms. The number of nitrogens with zero attached hydrogens (tertiary/aromatic N) is 1. The van der Waals surface area contributed by atoms with Crippen LogP contribution >= 0.6 is 11.3 Å². The third kappa shape index (κ3) is 1.89. The Labute approximate surface area is 132 Å². The number of allylic oxidation sites excluding steroid dienone is 2. The van der Waals surface area contributed by atoms with Crippen LogP contribution in [0.3, 0.4) is 0 Å². The lowest BCUT2D eigenvalue weighted by Crippen LogP contribution is -2.29. The first-order chi connectivity index (χ1) is 10.7. The summed E-state index contributed by atoms with van der Waals surface area (Å²) in [6.45, 7) is 2.11. The molecule has 0 fully saturated rings. The second-order valence-corrected chi connectivity index (χ2v) is 6.89. The van der Waals surface area contributed by atoms with E-state index in [1.54, 1.807) is 23.5 Å². The van der Waals surface area contributed by atoms with Crippen molar-refractivity contribution in [3.05, 3.63) is 67.9 Å². The molecule has 0 bridgehead atoms. The van der Waals surface area contributed by atoms with E-state index < -0.39 is 0 Å². The van der Waals surface area contributed by atoms with Crippen LogP contribution in [-0.2, 0) is 0 Å². The predicted octanol–water partition coefficient (Wildman–Crippen LogP) is 4.79. The maximum absolute atomic E-state index is 11.4. The number of aryl methyl sites for hydroxylation is 1. The largest absolute Gasteiger partial charge is 0.371 e. The Balaban J connectivity index is 1.87. The molecule has 2 heterocycles. The Morgan fingerprint density at radius 2 is 2.23 bits per heavy atom. The summed E-state index contributed by atoms with van der Waals surface area (Å²) in [7, 11) is 0. The van der Waals surface area contributed by atoms with Gasteiger partial charge in [-0.1, -0.05) is 24.3 Å². The smallest absolute Gasteiger partial charge is 0.292 e. The van der Waals surface area contributed by atoms with Gasteiger partial charge in [0.05, 0.1) is 11.0 Å². The van der Waals surface area contributed by atoms with Gasteiger partial charge in [-0.15, -0.1) is 11.3 Å². The second kappa shape index (κ2) is 4.95. The van der Waals surface area contributed by atoms with Gasteiger partial charge in [-0.3, -0.25) is 10.1 Å². The van der Waals surface area contributed by atoms with Crippen molar-refractivity contribution in [1.82, 2.24) is 0 Å². The van der Waals surface area contributed by atoms with Gasteiger partial charge in [-0.25, -0.2) is 0 Å². The molecular weight excluding hydrogens is 296 g/mol. The summed E-state index contributed by atoms with van der Waals surface area (Å²) >= 11 is 1.73. The second-order valence-electron chi connectivity index (χ2n) is 5.94. The summed E-state index contributed by atoms with van der Waals surface area (Å²) in [6, 6.07) is 7.66. The van der Waals surface area contributed by atoms with Gasteiger partial charge < -0.3 is 5.32 Å². The van der Waals surface area contributed by atoms with Crippen LogP contribution in [-0.4, -0.2) is 4.92 Å². The Hall–Kier alpha value is -2.14. The molecule has 0 saturated heterocycles. The molecule has 2 aromatic rings. The molecule has 3 unspecified atom stereocenters. The molecule has 0 amide bonds. The van der Waals surface area contributed by atoms with E-state index in [0.717, 1.165) is 12.0 Å². The van der Waals surface area contributed by atoms with E-state index in [0.29, 0.717) is 11.6 Å². The summed E-state index contributed by atoms with van der Waals surface area (Å²) in [5, 5.41) is 17.0. The van der Waals surface area contributed by atoms with Gasteiger partial charge in [-0.05, 0) is 41.8 Å². The number of benzene rings is 1. The highest BCUT2D eigenvalue weighted by molar-refractivity contribution is 7.10. The topological polar surface area (TPSA) is 55.2 Å². The molecule has 112 valence electrons. The van der Waals surface area contributed by atoms with Crippen molar-refractivity contribution < 1.29 is 4.92 Å². The SMILES string of the molecule is Cc1ccsc1C1Nc2c(cccc2[N+](=O)[O-])C2C=CCC21. The lowest BCUT2D eigenvalue weighted by atomic mass is 9.78. The fourth-order valence-electron chi connectivity index (χ4n) is 3.72. The minimum atomic E-state index is -0.289. The number of fused-ring (bicyclic) bond motifs is 3. The van der Waals surface area contributed by atoms with Crippen LogP contribution < -0.4 is 5.32 Å². The fraction of sp³-hybridized carbons (Fsp3) is 0.294. The molecule has 22 heavy (non-hydrogen) atoms. The monoisotopic (exact) mass is 312 g/mol. The Morgan fingerprint density at radius 1 is 1.36 bits per heavy atom. The van der Waals surface area contributed by atoms with E-state index >= 15 is 0 Å². The molecule has 1 aromatic carbocycles. The van der Waals surface area contributed by atoms with Crippen LogP contribution in [0.1, 0.15) is 34.4 Å². The van der Waals surface area contributed by atoms with E-state index in [-0.39, 0.29) is 22.6 Å². The van der Waals surface area contributed by atoms with Crippen LogP contribution in [0, 0.1) is 23.0 Å². The van der Waals surface area contributed by atoms with Gasteiger partial charge in [0.1, 0.15) is 5.69 Å². The average molecular weight is 312 g/mol. The van der Waals surface area contributed by atoms with Crippen molar-refractivity contribution in [2.45, 2.75) is 25.3 Å². The Morgan fingerprint density at radius 3 is 2.95 bits per heavy atom. The number of para-hydroxylation sites is 1. The van der Waals surface area contributed by atoms with Crippen LogP contribution in [0.2, 0.25) is 0 Å². The van der Waals surface area contributed by atoms with Crippen molar-refractivity contribution in [2.24, 2.45) is 5.92 Å². The number of nitrogens with one attached hydrogen (secondary N) is 1. The zero-order valence-corrected chi connectivity index (χ0v) is 13.0. The fourth-order valence-corrected chi connectivity index (χ4v) is 4.77. The number of nitro groups is 1. The molecule has 4 nitrogen and oxygen atoms in total. The lowest BCUT2D eigenvalue weighted by Gasteiger charge is -2.36. The van der Waals surface area contributed by atoms with Crippen molar-refractivity contribution >= 4 is 22.7 Å². The number of anilines is 1. The van der Waals surface area contributed by atoms with E-state index in [1.807, 2.05) is 6.07 Å². The Bertz CT molecular complexity index is 781. The normalized spacial score (nSPS) is 25.4. The molecule has 3 atom stereocenters. The molecule has 1 aliphatic carbocycles. The molecular formula is C17H16N2O2S. The molecule has 2 aliphatic rings. The van der Waals surface area contributed by atoms with Crippen molar-refractivity contribution in [3.8, 4) is 0 Å². The molecule has 4 rings (SSSR count). The third-order valence-corrected chi connectivity index (χ3v) is 5.86. The first-order valence-corrected chi connectivity index (χ1v) is 8.29. The summed E-state index contributed by atoms with van der Waals surface area (Å²) in [5.41, 5.74) is 3.18. The maximum Gasteiger partial charge on any atom is 0.292 e. The van der Waals surface area contributed by atoms with E-state index in [2.05, 4.69) is 35.8 Å². The molecule has 0 saturated carbocycles. The predicted molar refractivity (Wildman–Crippen MR) is 88.5 cm³/mol.